The van der Waals surface area contributed by atoms with E-state index < -0.39 is 12.1 Å². The number of nitrogens with one attached hydrogen (secondary N) is 1. The highest BCUT2D eigenvalue weighted by Gasteiger charge is 2.38. The van der Waals surface area contributed by atoms with Crippen LogP contribution in [0.15, 0.2) is 75.9 Å². The van der Waals surface area contributed by atoms with Gasteiger partial charge < -0.3 is 19.6 Å². The third-order valence-electron chi connectivity index (χ3n) is 6.36. The van der Waals surface area contributed by atoms with Gasteiger partial charge in [0, 0.05) is 37.1 Å². The fourth-order valence-electron chi connectivity index (χ4n) is 4.44. The standard InChI is InChI=1S/C26H26N2O3.C2HF3O2/c1-30-22-8-9-25-23(15-22)24(16-26(29)31-25)27-21-10-12-28(13-11-21)17-18-6-7-19-4-2-3-5-20(19)14-18;3-2(4,5)1(6)7/h2-9,14-16,21,27H,10-13,17H2,1H3;(H,6,7). The Hall–Kier alpha value is -4.05. The fourth-order valence-corrected chi connectivity index (χ4v) is 4.44. The molecule has 7 nitrogen and oxygen atoms in total. The minimum atomic E-state index is -5.08. The molecule has 2 N–H and O–H groups in total. The summed E-state index contributed by atoms with van der Waals surface area (Å²) in [6, 6.07) is 22.6. The van der Waals surface area contributed by atoms with E-state index in [4.69, 9.17) is 19.1 Å². The number of hydrogen-bond acceptors (Lipinski definition) is 6. The van der Waals surface area contributed by atoms with Gasteiger partial charge in [-0.3, -0.25) is 4.90 Å². The first kappa shape index (κ1) is 27.0. The number of rotatable bonds is 5. The SMILES string of the molecule is COc1ccc2oc(=O)cc(NC3CCN(Cc4ccc5ccccc5c4)CC3)c2c1.O=C(O)C(F)(F)F. The van der Waals surface area contributed by atoms with Gasteiger partial charge in [-0.25, -0.2) is 9.59 Å². The summed E-state index contributed by atoms with van der Waals surface area (Å²) in [7, 11) is 1.64. The molecule has 38 heavy (non-hydrogen) atoms. The Balaban J connectivity index is 0.000000426. The maximum absolute atomic E-state index is 12.0. The highest BCUT2D eigenvalue weighted by Crippen LogP contribution is 2.28. The number of piperidine rings is 1. The molecule has 10 heteroatoms. The van der Waals surface area contributed by atoms with E-state index in [0.29, 0.717) is 11.6 Å². The Kier molecular flexibility index (Phi) is 8.21. The minimum absolute atomic E-state index is 0.323. The molecule has 0 amide bonds. The summed E-state index contributed by atoms with van der Waals surface area (Å²) in [6.45, 7) is 3.01. The first-order valence-electron chi connectivity index (χ1n) is 12.0. The lowest BCUT2D eigenvalue weighted by Gasteiger charge is -2.33. The average Bonchev–Trinajstić information content (AvgIpc) is 2.89. The first-order valence-corrected chi connectivity index (χ1v) is 12.0. The molecule has 1 saturated heterocycles. The van der Waals surface area contributed by atoms with Crippen LogP contribution in [0, 0.1) is 0 Å². The number of carbonyl (C=O) groups is 1. The Bertz CT molecular complexity index is 1480. The topological polar surface area (TPSA) is 92.0 Å². The van der Waals surface area contributed by atoms with Crippen molar-refractivity contribution >= 4 is 33.4 Å². The zero-order valence-corrected chi connectivity index (χ0v) is 20.6. The van der Waals surface area contributed by atoms with E-state index in [1.807, 2.05) is 6.07 Å². The normalized spacial score (nSPS) is 14.6. The summed E-state index contributed by atoms with van der Waals surface area (Å²) in [5.41, 5.74) is 2.40. The molecule has 5 rings (SSSR count). The van der Waals surface area contributed by atoms with Crippen LogP contribution in [-0.4, -0.2) is 48.4 Å². The van der Waals surface area contributed by atoms with Crippen molar-refractivity contribution in [3.8, 4) is 5.75 Å². The Morgan fingerprint density at radius 1 is 1.05 bits per heavy atom. The summed E-state index contributed by atoms with van der Waals surface area (Å²) in [6.07, 6.45) is -3.03. The summed E-state index contributed by atoms with van der Waals surface area (Å²) >= 11 is 0. The number of alkyl halides is 3. The number of carboxylic acid groups (broad SMARTS) is 1. The van der Waals surface area contributed by atoms with Gasteiger partial charge in [-0.15, -0.1) is 0 Å². The first-order chi connectivity index (χ1) is 18.1. The molecule has 0 saturated carbocycles. The molecule has 3 aromatic carbocycles. The van der Waals surface area contributed by atoms with Crippen molar-refractivity contribution in [3.05, 3.63) is 82.7 Å². The van der Waals surface area contributed by atoms with Gasteiger partial charge in [0.1, 0.15) is 11.3 Å². The number of benzene rings is 3. The summed E-state index contributed by atoms with van der Waals surface area (Å²) in [5.74, 6) is -2.01. The molecule has 1 aliphatic rings. The zero-order chi connectivity index (χ0) is 27.3. The van der Waals surface area contributed by atoms with E-state index in [1.165, 1.54) is 16.3 Å². The lowest BCUT2D eigenvalue weighted by molar-refractivity contribution is -0.192. The third-order valence-corrected chi connectivity index (χ3v) is 6.36. The predicted molar refractivity (Wildman–Crippen MR) is 139 cm³/mol. The third kappa shape index (κ3) is 6.83. The largest absolute Gasteiger partial charge is 0.497 e. The maximum atomic E-state index is 12.0. The quantitative estimate of drug-likeness (QED) is 0.323. The molecule has 0 radical (unpaired) electrons. The van der Waals surface area contributed by atoms with Crippen LogP contribution >= 0.6 is 0 Å². The number of ether oxygens (including phenoxy) is 1. The van der Waals surface area contributed by atoms with Gasteiger partial charge in [-0.2, -0.15) is 13.2 Å². The van der Waals surface area contributed by atoms with E-state index in [9.17, 15) is 18.0 Å². The van der Waals surface area contributed by atoms with Crippen molar-refractivity contribution in [2.75, 3.05) is 25.5 Å². The number of carboxylic acids is 1. The van der Waals surface area contributed by atoms with Crippen LogP contribution in [0.25, 0.3) is 21.7 Å². The van der Waals surface area contributed by atoms with E-state index in [0.717, 1.165) is 49.3 Å². The van der Waals surface area contributed by atoms with Crippen molar-refractivity contribution in [1.29, 1.82) is 0 Å². The molecular weight excluding hydrogens is 501 g/mol. The van der Waals surface area contributed by atoms with Gasteiger partial charge in [0.2, 0.25) is 0 Å². The van der Waals surface area contributed by atoms with Crippen LogP contribution < -0.4 is 15.7 Å². The number of anilines is 1. The molecule has 1 aromatic heterocycles. The molecule has 0 unspecified atom stereocenters. The van der Waals surface area contributed by atoms with E-state index in [-0.39, 0.29) is 5.63 Å². The molecule has 0 aliphatic carbocycles. The average molecular weight is 529 g/mol. The fraction of sp³-hybridized carbons (Fsp3) is 0.286. The smallest absolute Gasteiger partial charge is 0.490 e. The molecule has 0 spiro atoms. The molecule has 0 bridgehead atoms. The van der Waals surface area contributed by atoms with Gasteiger partial charge >= 0.3 is 17.8 Å². The number of halogens is 3. The molecule has 0 atom stereocenters. The van der Waals surface area contributed by atoms with Crippen LogP contribution in [-0.2, 0) is 11.3 Å². The molecule has 1 aliphatic heterocycles. The van der Waals surface area contributed by atoms with Crippen LogP contribution in [0.5, 0.6) is 5.75 Å². The van der Waals surface area contributed by atoms with Crippen molar-refractivity contribution in [2.45, 2.75) is 31.6 Å². The second-order valence-corrected chi connectivity index (χ2v) is 9.02. The Morgan fingerprint density at radius 3 is 2.39 bits per heavy atom. The predicted octanol–water partition coefficient (Wildman–Crippen LogP) is 5.66. The number of likely N-dealkylation sites (tertiary alicyclic amines) is 1. The van der Waals surface area contributed by atoms with Crippen LogP contribution in [0.2, 0.25) is 0 Å². The van der Waals surface area contributed by atoms with Gasteiger partial charge in [-0.1, -0.05) is 36.4 Å². The van der Waals surface area contributed by atoms with Gasteiger partial charge in [0.25, 0.3) is 0 Å². The number of hydrogen-bond donors (Lipinski definition) is 2. The molecule has 200 valence electrons. The van der Waals surface area contributed by atoms with Gasteiger partial charge in [0.05, 0.1) is 12.8 Å². The summed E-state index contributed by atoms with van der Waals surface area (Å²) in [5, 5.41) is 14.2. The van der Waals surface area contributed by atoms with Crippen LogP contribution in [0.3, 0.4) is 0 Å². The van der Waals surface area contributed by atoms with Crippen molar-refractivity contribution in [3.63, 3.8) is 0 Å². The van der Waals surface area contributed by atoms with Crippen LogP contribution in [0.1, 0.15) is 18.4 Å². The number of fused-ring (bicyclic) bond motifs is 2. The molecule has 4 aromatic rings. The highest BCUT2D eigenvalue weighted by atomic mass is 19.4. The number of methoxy groups -OCH3 is 1. The summed E-state index contributed by atoms with van der Waals surface area (Å²) in [4.78, 5) is 23.4. The van der Waals surface area contributed by atoms with E-state index in [2.05, 4.69) is 52.7 Å². The molecule has 1 fully saturated rings. The number of nitrogens with zero attached hydrogens (tertiary/aromatic N) is 1. The second-order valence-electron chi connectivity index (χ2n) is 9.02. The number of aliphatic carboxylic acids is 1. The highest BCUT2D eigenvalue weighted by molar-refractivity contribution is 5.90. The molecule has 2 heterocycles. The monoisotopic (exact) mass is 528 g/mol. The Labute approximate surface area is 216 Å². The van der Waals surface area contributed by atoms with Crippen LogP contribution in [0.4, 0.5) is 18.9 Å². The lowest BCUT2D eigenvalue weighted by Crippen LogP contribution is -2.38. The lowest BCUT2D eigenvalue weighted by atomic mass is 10.0. The van der Waals surface area contributed by atoms with Crippen molar-refractivity contribution < 1.29 is 32.2 Å². The minimum Gasteiger partial charge on any atom is -0.497 e. The molecular formula is C28H27F3N2O5. The summed E-state index contributed by atoms with van der Waals surface area (Å²) < 4.78 is 42.4. The Morgan fingerprint density at radius 2 is 1.74 bits per heavy atom. The second kappa shape index (κ2) is 11.6. The van der Waals surface area contributed by atoms with Crippen molar-refractivity contribution in [1.82, 2.24) is 4.90 Å². The van der Waals surface area contributed by atoms with Crippen molar-refractivity contribution in [2.24, 2.45) is 0 Å². The maximum Gasteiger partial charge on any atom is 0.490 e. The van der Waals surface area contributed by atoms with Gasteiger partial charge in [0.15, 0.2) is 0 Å². The van der Waals surface area contributed by atoms with E-state index >= 15 is 0 Å². The van der Waals surface area contributed by atoms with E-state index in [1.54, 1.807) is 25.3 Å². The van der Waals surface area contributed by atoms with Gasteiger partial charge in [-0.05, 0) is 53.4 Å². The zero-order valence-electron chi connectivity index (χ0n) is 20.6.